The van der Waals surface area contributed by atoms with E-state index in [1.54, 1.807) is 67.6 Å². The van der Waals surface area contributed by atoms with Gasteiger partial charge >= 0.3 is 0 Å². The molecule has 8 heteroatoms. The number of hydrogen-bond acceptors (Lipinski definition) is 6. The standard InChI is InChI=1S/C27H24ClNO6/c1-15-19(28)9-6-10-20(15)29-24(16-11-12-21(34-3)22(14-16)35-4)23(26(31)27(29)32)25(30)17-7-5-8-18(13-17)33-2/h5-14,24,30H,1-4H3/b25-23+. The third kappa shape index (κ3) is 4.19. The van der Waals surface area contributed by atoms with Gasteiger partial charge in [0.15, 0.2) is 11.5 Å². The first kappa shape index (κ1) is 24.2. The minimum atomic E-state index is -0.946. The Kier molecular flexibility index (Phi) is 6.71. The second-order valence-electron chi connectivity index (χ2n) is 7.90. The number of hydrogen-bond donors (Lipinski definition) is 1. The number of ketones is 1. The average Bonchev–Trinajstić information content (AvgIpc) is 3.14. The summed E-state index contributed by atoms with van der Waals surface area (Å²) in [6, 6.07) is 15.9. The van der Waals surface area contributed by atoms with Gasteiger partial charge in [-0.3, -0.25) is 14.5 Å². The van der Waals surface area contributed by atoms with Crippen LogP contribution in [0, 0.1) is 6.92 Å². The Morgan fingerprint density at radius 2 is 1.63 bits per heavy atom. The molecule has 3 aromatic carbocycles. The minimum Gasteiger partial charge on any atom is -0.507 e. The highest BCUT2D eigenvalue weighted by molar-refractivity contribution is 6.52. The van der Waals surface area contributed by atoms with Crippen LogP contribution in [0.1, 0.15) is 22.7 Å². The van der Waals surface area contributed by atoms with Crippen molar-refractivity contribution in [2.45, 2.75) is 13.0 Å². The van der Waals surface area contributed by atoms with Crippen molar-refractivity contribution in [1.82, 2.24) is 0 Å². The van der Waals surface area contributed by atoms with Crippen molar-refractivity contribution in [3.05, 3.63) is 87.9 Å². The van der Waals surface area contributed by atoms with E-state index in [9.17, 15) is 14.7 Å². The molecule has 0 spiro atoms. The first-order valence-electron chi connectivity index (χ1n) is 10.7. The van der Waals surface area contributed by atoms with Crippen molar-refractivity contribution >= 4 is 34.7 Å². The fourth-order valence-electron chi connectivity index (χ4n) is 4.20. The molecule has 0 aliphatic carbocycles. The molecule has 1 N–H and O–H groups in total. The lowest BCUT2D eigenvalue weighted by atomic mass is 9.94. The number of carbonyl (C=O) groups excluding carboxylic acids is 2. The van der Waals surface area contributed by atoms with Crippen molar-refractivity contribution in [3.63, 3.8) is 0 Å². The average molecular weight is 494 g/mol. The Bertz CT molecular complexity index is 1350. The van der Waals surface area contributed by atoms with Gasteiger partial charge < -0.3 is 19.3 Å². The van der Waals surface area contributed by atoms with Gasteiger partial charge in [-0.25, -0.2) is 0 Å². The molecule has 4 rings (SSSR count). The maximum absolute atomic E-state index is 13.4. The molecule has 1 aliphatic heterocycles. The van der Waals surface area contributed by atoms with Crippen LogP contribution in [0.5, 0.6) is 17.2 Å². The Labute approximate surface area is 208 Å². The number of benzene rings is 3. The molecule has 180 valence electrons. The molecule has 3 aromatic rings. The molecule has 0 radical (unpaired) electrons. The Morgan fingerprint density at radius 1 is 0.914 bits per heavy atom. The highest BCUT2D eigenvalue weighted by atomic mass is 35.5. The molecule has 0 aromatic heterocycles. The van der Waals surface area contributed by atoms with Gasteiger partial charge in [-0.15, -0.1) is 0 Å². The van der Waals surface area contributed by atoms with E-state index < -0.39 is 17.7 Å². The van der Waals surface area contributed by atoms with Gasteiger partial charge in [0.1, 0.15) is 11.5 Å². The largest absolute Gasteiger partial charge is 0.507 e. The quantitative estimate of drug-likeness (QED) is 0.285. The lowest BCUT2D eigenvalue weighted by molar-refractivity contribution is -0.132. The molecular weight excluding hydrogens is 470 g/mol. The number of methoxy groups -OCH3 is 3. The molecule has 35 heavy (non-hydrogen) atoms. The van der Waals surface area contributed by atoms with Crippen LogP contribution in [0.15, 0.2) is 66.2 Å². The normalized spacial score (nSPS) is 16.9. The summed E-state index contributed by atoms with van der Waals surface area (Å²) in [5, 5.41) is 11.8. The van der Waals surface area contributed by atoms with Crippen LogP contribution in [0.2, 0.25) is 5.02 Å². The molecular formula is C27H24ClNO6. The van der Waals surface area contributed by atoms with Crippen LogP contribution in [0.4, 0.5) is 5.69 Å². The smallest absolute Gasteiger partial charge is 0.300 e. The highest BCUT2D eigenvalue weighted by Gasteiger charge is 2.47. The van der Waals surface area contributed by atoms with E-state index in [4.69, 9.17) is 25.8 Å². The zero-order valence-corrected chi connectivity index (χ0v) is 20.4. The zero-order valence-electron chi connectivity index (χ0n) is 19.7. The number of Topliss-reactive ketones (excluding diaryl/α,β-unsaturated/α-hetero) is 1. The summed E-state index contributed by atoms with van der Waals surface area (Å²) in [4.78, 5) is 28.2. The van der Waals surface area contributed by atoms with E-state index in [0.717, 1.165) is 0 Å². The molecule has 1 heterocycles. The summed E-state index contributed by atoms with van der Waals surface area (Å²) in [6.45, 7) is 1.77. The number of halogens is 1. The predicted octanol–water partition coefficient (Wildman–Crippen LogP) is 5.30. The summed E-state index contributed by atoms with van der Waals surface area (Å²) in [5.74, 6) is -0.510. The maximum atomic E-state index is 13.4. The summed E-state index contributed by atoms with van der Waals surface area (Å²) in [5.41, 5.74) is 1.92. The summed E-state index contributed by atoms with van der Waals surface area (Å²) < 4.78 is 16.1. The van der Waals surface area contributed by atoms with Gasteiger partial charge in [-0.1, -0.05) is 35.9 Å². The van der Waals surface area contributed by atoms with Gasteiger partial charge in [0.25, 0.3) is 11.7 Å². The molecule has 0 bridgehead atoms. The Hall–Kier alpha value is -3.97. The van der Waals surface area contributed by atoms with Crippen LogP contribution in [0.3, 0.4) is 0 Å². The van der Waals surface area contributed by atoms with E-state index in [0.29, 0.717) is 44.6 Å². The van der Waals surface area contributed by atoms with Gasteiger partial charge in [-0.2, -0.15) is 0 Å². The maximum Gasteiger partial charge on any atom is 0.300 e. The monoisotopic (exact) mass is 493 g/mol. The number of anilines is 1. The van der Waals surface area contributed by atoms with Gasteiger partial charge in [0, 0.05) is 16.3 Å². The first-order chi connectivity index (χ1) is 16.8. The second-order valence-corrected chi connectivity index (χ2v) is 8.31. The number of nitrogens with zero attached hydrogens (tertiary/aromatic N) is 1. The zero-order chi connectivity index (χ0) is 25.3. The fourth-order valence-corrected chi connectivity index (χ4v) is 4.37. The van der Waals surface area contributed by atoms with Crippen molar-refractivity contribution in [2.75, 3.05) is 26.2 Å². The Balaban J connectivity index is 2.00. The van der Waals surface area contributed by atoms with Crippen molar-refractivity contribution < 1.29 is 28.9 Å². The number of aliphatic hydroxyl groups excluding tert-OH is 1. The molecule has 1 aliphatic rings. The number of aliphatic hydroxyl groups is 1. The lowest BCUT2D eigenvalue weighted by Crippen LogP contribution is -2.30. The highest BCUT2D eigenvalue weighted by Crippen LogP contribution is 2.45. The number of carbonyl (C=O) groups is 2. The number of ether oxygens (including phenoxy) is 3. The third-order valence-corrected chi connectivity index (χ3v) is 6.42. The molecule has 1 atom stereocenters. The molecule has 0 saturated carbocycles. The van der Waals surface area contributed by atoms with E-state index >= 15 is 0 Å². The van der Waals surface area contributed by atoms with Crippen LogP contribution in [-0.2, 0) is 9.59 Å². The molecule has 1 fully saturated rings. The third-order valence-electron chi connectivity index (χ3n) is 6.01. The van der Waals surface area contributed by atoms with Gasteiger partial charge in [0.05, 0.1) is 32.9 Å². The van der Waals surface area contributed by atoms with E-state index in [-0.39, 0.29) is 11.3 Å². The van der Waals surface area contributed by atoms with Gasteiger partial charge in [0.2, 0.25) is 0 Å². The predicted molar refractivity (Wildman–Crippen MR) is 134 cm³/mol. The first-order valence-corrected chi connectivity index (χ1v) is 11.1. The van der Waals surface area contributed by atoms with Crippen LogP contribution < -0.4 is 19.1 Å². The number of rotatable bonds is 6. The SMILES string of the molecule is COc1cccc(/C(O)=C2\C(=O)C(=O)N(c3cccc(Cl)c3C)C2c2ccc(OC)c(OC)c2)c1. The number of amides is 1. The lowest BCUT2D eigenvalue weighted by Gasteiger charge is -2.27. The van der Waals surface area contributed by atoms with Gasteiger partial charge in [-0.05, 0) is 54.4 Å². The summed E-state index contributed by atoms with van der Waals surface area (Å²) in [6.07, 6.45) is 0. The van der Waals surface area contributed by atoms with E-state index in [1.807, 2.05) is 0 Å². The van der Waals surface area contributed by atoms with Crippen LogP contribution in [-0.4, -0.2) is 38.1 Å². The Morgan fingerprint density at radius 3 is 2.31 bits per heavy atom. The van der Waals surface area contributed by atoms with Crippen LogP contribution in [0.25, 0.3) is 5.76 Å². The topological polar surface area (TPSA) is 85.3 Å². The fraction of sp³-hybridized carbons (Fsp3) is 0.185. The van der Waals surface area contributed by atoms with Crippen molar-refractivity contribution in [3.8, 4) is 17.2 Å². The van der Waals surface area contributed by atoms with E-state index in [1.165, 1.54) is 26.2 Å². The molecule has 1 saturated heterocycles. The summed E-state index contributed by atoms with van der Waals surface area (Å²) in [7, 11) is 4.52. The van der Waals surface area contributed by atoms with Crippen LogP contribution >= 0.6 is 11.6 Å². The molecule has 7 nitrogen and oxygen atoms in total. The van der Waals surface area contributed by atoms with E-state index in [2.05, 4.69) is 0 Å². The second kappa shape index (κ2) is 9.72. The van der Waals surface area contributed by atoms with Crippen molar-refractivity contribution in [1.29, 1.82) is 0 Å². The van der Waals surface area contributed by atoms with Crippen molar-refractivity contribution in [2.24, 2.45) is 0 Å². The minimum absolute atomic E-state index is 0.0603. The molecule has 1 amide bonds. The molecule has 1 unspecified atom stereocenters. The summed E-state index contributed by atoms with van der Waals surface area (Å²) >= 11 is 6.35.